The number of hydrogen-bond acceptors (Lipinski definition) is 16. The molecule has 0 radical (unpaired) electrons. The summed E-state index contributed by atoms with van der Waals surface area (Å²) in [5, 5.41) is 0. The zero-order chi connectivity index (χ0) is 21.6. The molecule has 0 aromatic heterocycles. The highest BCUT2D eigenvalue weighted by atomic mass is 28.7. The zero-order valence-corrected chi connectivity index (χ0v) is 23.9. The first-order valence-electron chi connectivity index (χ1n) is 9.70. The van der Waals surface area contributed by atoms with Crippen LogP contribution in [0.1, 0.15) is 27.7 Å². The first-order chi connectivity index (χ1) is 14.7. The van der Waals surface area contributed by atoms with Crippen molar-refractivity contribution in [2.45, 2.75) is 27.7 Å². The van der Waals surface area contributed by atoms with E-state index in [9.17, 15) is 0 Å². The van der Waals surface area contributed by atoms with E-state index in [1.54, 1.807) is 27.7 Å². The second-order valence-corrected chi connectivity index (χ2v) is 24.4. The maximum Gasteiger partial charge on any atom is 0.662 e. The lowest BCUT2D eigenvalue weighted by molar-refractivity contribution is -0.198. The van der Waals surface area contributed by atoms with Gasteiger partial charge in [-0.15, -0.1) is 0 Å². The Morgan fingerprint density at radius 2 is 0.742 bits per heavy atom. The van der Waals surface area contributed by atoms with E-state index in [0.717, 1.165) is 0 Å². The fourth-order valence-electron chi connectivity index (χ4n) is 3.25. The largest absolute Gasteiger partial charge is 0.662 e. The molecule has 8 rings (SSSR count). The predicted octanol–water partition coefficient (Wildman–Crippen LogP) is -1.54. The molecule has 0 aromatic carbocycles. The molecule has 4 bridgehead atoms. The molecule has 8 aliphatic rings. The maximum atomic E-state index is 5.81. The Morgan fingerprint density at radius 3 is 1.03 bits per heavy atom. The summed E-state index contributed by atoms with van der Waals surface area (Å²) in [6.07, 6.45) is 0. The predicted molar refractivity (Wildman–Crippen MR) is 99.8 cm³/mol. The number of rotatable bonds is 12. The molecular formula is C8H20O16Si7. The van der Waals surface area contributed by atoms with E-state index in [2.05, 4.69) is 0 Å². The lowest BCUT2D eigenvalue weighted by Crippen LogP contribution is -2.97. The fourth-order valence-corrected chi connectivity index (χ4v) is 30.3. The normalized spacial score (nSPS) is 55.4. The summed E-state index contributed by atoms with van der Waals surface area (Å²) in [7, 11) is -23.4. The smallest absolute Gasteiger partial charge is 0.353 e. The second kappa shape index (κ2) is 6.97. The molecule has 176 valence electrons. The van der Waals surface area contributed by atoms with E-state index < -0.39 is 63.3 Å². The molecule has 8 fully saturated rings. The Balaban J connectivity index is 1.05. The van der Waals surface area contributed by atoms with E-state index in [0.29, 0.717) is 13.2 Å². The average Bonchev–Trinajstić information content (AvgIpc) is 2.53. The van der Waals surface area contributed by atoms with Gasteiger partial charge in [0.05, 0.1) is 0 Å². The molecule has 23 heteroatoms. The van der Waals surface area contributed by atoms with Crippen LogP contribution in [0.3, 0.4) is 0 Å². The van der Waals surface area contributed by atoms with Gasteiger partial charge in [0.2, 0.25) is 0 Å². The molecule has 31 heavy (non-hydrogen) atoms. The topological polar surface area (TPSA) is 148 Å². The molecule has 0 unspecified atom stereocenters. The van der Waals surface area contributed by atoms with E-state index in [1.165, 1.54) is 0 Å². The van der Waals surface area contributed by atoms with Gasteiger partial charge < -0.3 is 67.1 Å². The van der Waals surface area contributed by atoms with Crippen LogP contribution in [0.4, 0.5) is 0 Å². The lowest BCUT2D eigenvalue weighted by Gasteiger charge is -2.63. The molecule has 0 aliphatic carbocycles. The van der Waals surface area contributed by atoms with Crippen LogP contribution in [0, 0.1) is 0 Å². The van der Waals surface area contributed by atoms with Gasteiger partial charge in [-0.2, -0.15) is 0 Å². The standard InChI is InChI=1S/C8H20O16Si7/c1-5-9-25(17-30-19-27(20-30,21-30)11-7-3)13-29(14-25)15-26(16-29,10-6-2)18-31-22-28(23-31,24-31)12-8-4/h5-8H2,1-4H3. The van der Waals surface area contributed by atoms with Crippen LogP contribution >= 0.6 is 0 Å². The summed E-state index contributed by atoms with van der Waals surface area (Å²) in [5.41, 5.74) is 0. The number of hydrogen-bond donors (Lipinski definition) is 0. The third-order valence-corrected chi connectivity index (χ3v) is 30.9. The van der Waals surface area contributed by atoms with Gasteiger partial charge in [0, 0.05) is 26.4 Å². The average molecular weight is 569 g/mol. The van der Waals surface area contributed by atoms with Gasteiger partial charge in [0.25, 0.3) is 0 Å². The molecule has 8 aliphatic heterocycles. The SMILES string of the molecule is CCO[Si]12O[Si](O[Si]3(OCC)O[Si]4(O3)O[Si](OCC)(O[Si]35O[Si](OCC)(O3)O5)O4)(O1)O2. The Labute approximate surface area is 184 Å². The Morgan fingerprint density at radius 1 is 0.419 bits per heavy atom. The molecule has 0 aromatic rings. The van der Waals surface area contributed by atoms with Gasteiger partial charge in [-0.05, 0) is 27.7 Å². The van der Waals surface area contributed by atoms with Crippen LogP contribution in [-0.4, -0.2) is 89.8 Å². The van der Waals surface area contributed by atoms with E-state index in [1.807, 2.05) is 0 Å². The minimum atomic E-state index is -3.64. The zero-order valence-electron chi connectivity index (χ0n) is 16.9. The Bertz CT molecular complexity index is 653. The van der Waals surface area contributed by atoms with Gasteiger partial charge in [-0.25, -0.2) is 0 Å². The van der Waals surface area contributed by atoms with Crippen molar-refractivity contribution < 1.29 is 67.1 Å². The summed E-state index contributed by atoms with van der Waals surface area (Å²) in [6, 6.07) is 0. The van der Waals surface area contributed by atoms with Crippen molar-refractivity contribution in [1.82, 2.24) is 0 Å². The molecule has 8 saturated heterocycles. The quantitative estimate of drug-likeness (QED) is 0.250. The summed E-state index contributed by atoms with van der Waals surface area (Å²) in [6.45, 7) is 8.41. The molecule has 16 nitrogen and oxygen atoms in total. The van der Waals surface area contributed by atoms with Crippen LogP contribution < -0.4 is 0 Å². The Hall–Kier alpha value is 0.878. The van der Waals surface area contributed by atoms with Crippen LogP contribution in [0.15, 0.2) is 0 Å². The first kappa shape index (κ1) is 22.3. The van der Waals surface area contributed by atoms with Crippen LogP contribution in [0.2, 0.25) is 0 Å². The van der Waals surface area contributed by atoms with Crippen molar-refractivity contribution in [2.75, 3.05) is 26.4 Å². The minimum absolute atomic E-state index is 0.245. The lowest BCUT2D eigenvalue weighted by atomic mass is 10.9. The van der Waals surface area contributed by atoms with Crippen molar-refractivity contribution in [3.8, 4) is 0 Å². The van der Waals surface area contributed by atoms with Crippen molar-refractivity contribution in [2.24, 2.45) is 0 Å². The molecule has 0 N–H and O–H groups in total. The van der Waals surface area contributed by atoms with Crippen molar-refractivity contribution >= 4 is 63.3 Å². The van der Waals surface area contributed by atoms with Crippen LogP contribution in [0.5, 0.6) is 0 Å². The summed E-state index contributed by atoms with van der Waals surface area (Å²) in [5.74, 6) is 0. The maximum absolute atomic E-state index is 5.81. The first-order valence-corrected chi connectivity index (χ1v) is 21.1. The summed E-state index contributed by atoms with van der Waals surface area (Å²) < 4.78 is 89.9. The molecule has 0 amide bonds. The van der Waals surface area contributed by atoms with E-state index in [-0.39, 0.29) is 13.2 Å². The van der Waals surface area contributed by atoms with Gasteiger partial charge in [-0.1, -0.05) is 0 Å². The second-order valence-electron chi connectivity index (χ2n) is 6.46. The molecule has 0 atom stereocenters. The highest BCUT2D eigenvalue weighted by Crippen LogP contribution is 2.55. The van der Waals surface area contributed by atoms with Crippen molar-refractivity contribution in [3.63, 3.8) is 0 Å². The summed E-state index contributed by atoms with van der Waals surface area (Å²) >= 11 is 0. The van der Waals surface area contributed by atoms with Gasteiger partial charge in [-0.3, -0.25) is 0 Å². The fraction of sp³-hybridized carbons (Fsp3) is 1.00. The van der Waals surface area contributed by atoms with Gasteiger partial charge >= 0.3 is 63.3 Å². The monoisotopic (exact) mass is 568 g/mol. The highest BCUT2D eigenvalue weighted by molar-refractivity contribution is 7.03. The van der Waals surface area contributed by atoms with Gasteiger partial charge in [0.15, 0.2) is 0 Å². The molecular weight excluding hydrogens is 549 g/mol. The van der Waals surface area contributed by atoms with Crippen molar-refractivity contribution in [3.05, 3.63) is 0 Å². The Kier molecular flexibility index (Phi) is 5.03. The van der Waals surface area contributed by atoms with E-state index in [4.69, 9.17) is 67.1 Å². The third kappa shape index (κ3) is 3.26. The highest BCUT2D eigenvalue weighted by Gasteiger charge is 2.97. The molecule has 1 spiro atoms. The van der Waals surface area contributed by atoms with Gasteiger partial charge in [0.1, 0.15) is 0 Å². The molecule has 8 heterocycles. The summed E-state index contributed by atoms with van der Waals surface area (Å²) in [4.78, 5) is 0. The third-order valence-electron chi connectivity index (χ3n) is 4.28. The van der Waals surface area contributed by atoms with Crippen molar-refractivity contribution in [1.29, 1.82) is 0 Å². The van der Waals surface area contributed by atoms with E-state index >= 15 is 0 Å². The minimum Gasteiger partial charge on any atom is -0.353 e. The molecule has 0 saturated carbocycles. The van der Waals surface area contributed by atoms with Crippen LogP contribution in [0.25, 0.3) is 0 Å². The van der Waals surface area contributed by atoms with Crippen LogP contribution in [-0.2, 0) is 67.1 Å².